The normalized spacial score (nSPS) is 11.3. The molecule has 0 atom stereocenters. The van der Waals surface area contributed by atoms with Crippen molar-refractivity contribution in [2.24, 2.45) is 0 Å². The summed E-state index contributed by atoms with van der Waals surface area (Å²) in [5.41, 5.74) is 0.794. The Morgan fingerprint density at radius 2 is 2.24 bits per heavy atom. The van der Waals surface area contributed by atoms with Crippen molar-refractivity contribution in [1.82, 2.24) is 4.72 Å². The maximum absolute atomic E-state index is 11.5. The molecule has 1 aromatic rings. The fourth-order valence-corrected chi connectivity index (χ4v) is 2.56. The molecule has 17 heavy (non-hydrogen) atoms. The van der Waals surface area contributed by atoms with Crippen molar-refractivity contribution >= 4 is 21.4 Å². The van der Waals surface area contributed by atoms with Gasteiger partial charge >= 0.3 is 0 Å². The number of nitrogens with one attached hydrogen (secondary N) is 1. The van der Waals surface area contributed by atoms with Crippen LogP contribution in [0.4, 0.5) is 0 Å². The lowest BCUT2D eigenvalue weighted by Crippen LogP contribution is -2.29. The summed E-state index contributed by atoms with van der Waals surface area (Å²) >= 11 is 1.44. The van der Waals surface area contributed by atoms with Crippen LogP contribution in [0.15, 0.2) is 11.4 Å². The van der Waals surface area contributed by atoms with E-state index < -0.39 is 15.3 Å². The monoisotopic (exact) mass is 273 g/mol. The lowest BCUT2D eigenvalue weighted by atomic mass is 10.3. The smallest absolute Gasteiger partial charge is 0.214 e. The molecule has 94 valence electrons. The Morgan fingerprint density at radius 3 is 2.82 bits per heavy atom. The average molecular weight is 273 g/mol. The van der Waals surface area contributed by atoms with E-state index in [0.29, 0.717) is 0 Å². The van der Waals surface area contributed by atoms with Crippen LogP contribution in [-0.4, -0.2) is 25.4 Å². The van der Waals surface area contributed by atoms with Gasteiger partial charge in [0, 0.05) is 22.4 Å². The summed E-state index contributed by atoms with van der Waals surface area (Å²) in [6, 6.07) is 1.82. The van der Waals surface area contributed by atoms with Crippen molar-refractivity contribution in [3.05, 3.63) is 21.9 Å². The Morgan fingerprint density at radius 1 is 1.53 bits per heavy atom. The third-order valence-electron chi connectivity index (χ3n) is 2.03. The van der Waals surface area contributed by atoms with Gasteiger partial charge in [-0.05, 0) is 19.9 Å². The molecule has 0 saturated heterocycles. The molecule has 0 unspecified atom stereocenters. The molecule has 0 aliphatic heterocycles. The van der Waals surface area contributed by atoms with E-state index in [0.717, 1.165) is 10.4 Å². The van der Waals surface area contributed by atoms with Crippen LogP contribution >= 0.6 is 11.3 Å². The van der Waals surface area contributed by atoms with Crippen molar-refractivity contribution in [2.75, 3.05) is 6.61 Å². The zero-order valence-corrected chi connectivity index (χ0v) is 11.4. The van der Waals surface area contributed by atoms with Gasteiger partial charge in [-0.25, -0.2) is 13.1 Å². The van der Waals surface area contributed by atoms with E-state index in [4.69, 9.17) is 5.11 Å². The molecule has 1 heterocycles. The van der Waals surface area contributed by atoms with E-state index in [9.17, 15) is 8.42 Å². The largest absolute Gasteiger partial charge is 0.384 e. The first-order valence-corrected chi connectivity index (χ1v) is 7.54. The quantitative estimate of drug-likeness (QED) is 0.802. The first-order chi connectivity index (χ1) is 7.95. The van der Waals surface area contributed by atoms with Crippen LogP contribution in [-0.2, 0) is 16.6 Å². The van der Waals surface area contributed by atoms with Gasteiger partial charge < -0.3 is 5.11 Å². The SMILES string of the molecule is CC(C)S(=O)(=O)NCc1cc(C#CCO)cs1. The van der Waals surface area contributed by atoms with Crippen LogP contribution in [0.5, 0.6) is 0 Å². The highest BCUT2D eigenvalue weighted by Gasteiger charge is 2.15. The number of thiophene rings is 1. The average Bonchev–Trinajstić information content (AvgIpc) is 2.71. The van der Waals surface area contributed by atoms with Gasteiger partial charge in [-0.2, -0.15) is 0 Å². The summed E-state index contributed by atoms with van der Waals surface area (Å²) in [5, 5.41) is 9.94. The molecule has 0 radical (unpaired) electrons. The van der Waals surface area contributed by atoms with Gasteiger partial charge in [-0.1, -0.05) is 11.8 Å². The summed E-state index contributed by atoms with van der Waals surface area (Å²) in [5.74, 6) is 5.31. The molecule has 0 amide bonds. The summed E-state index contributed by atoms with van der Waals surface area (Å²) in [7, 11) is -3.22. The zero-order valence-electron chi connectivity index (χ0n) is 9.73. The molecule has 0 aliphatic carbocycles. The predicted octanol–water partition coefficient (Wildman–Crippen LogP) is 0.920. The Hall–Kier alpha value is -0.870. The number of hydrogen-bond acceptors (Lipinski definition) is 4. The summed E-state index contributed by atoms with van der Waals surface area (Å²) in [6.45, 7) is 3.38. The number of rotatable bonds is 4. The van der Waals surface area contributed by atoms with Gasteiger partial charge in [0.15, 0.2) is 0 Å². The van der Waals surface area contributed by atoms with E-state index in [1.807, 2.05) is 11.4 Å². The summed E-state index contributed by atoms with van der Waals surface area (Å²) in [4.78, 5) is 0.900. The second-order valence-corrected chi connectivity index (χ2v) is 6.99. The molecule has 2 N–H and O–H groups in total. The number of hydrogen-bond donors (Lipinski definition) is 2. The second kappa shape index (κ2) is 6.17. The van der Waals surface area contributed by atoms with E-state index in [2.05, 4.69) is 16.6 Å². The predicted molar refractivity (Wildman–Crippen MR) is 69.2 cm³/mol. The minimum absolute atomic E-state index is 0.175. The zero-order chi connectivity index (χ0) is 12.9. The second-order valence-electron chi connectivity index (χ2n) is 3.68. The van der Waals surface area contributed by atoms with Crippen LogP contribution in [0, 0.1) is 11.8 Å². The highest BCUT2D eigenvalue weighted by molar-refractivity contribution is 7.90. The van der Waals surface area contributed by atoms with Crippen LogP contribution in [0.1, 0.15) is 24.3 Å². The van der Waals surface area contributed by atoms with Crippen LogP contribution in [0.3, 0.4) is 0 Å². The molecule has 0 saturated carbocycles. The minimum atomic E-state index is -3.22. The summed E-state index contributed by atoms with van der Waals surface area (Å²) in [6.07, 6.45) is 0. The third kappa shape index (κ3) is 4.48. The van der Waals surface area contributed by atoms with Gasteiger partial charge in [-0.15, -0.1) is 11.3 Å². The molecule has 4 nitrogen and oxygen atoms in total. The highest BCUT2D eigenvalue weighted by atomic mass is 32.2. The molecule has 0 aromatic carbocycles. The van der Waals surface area contributed by atoms with E-state index >= 15 is 0 Å². The van der Waals surface area contributed by atoms with Crippen LogP contribution in [0.25, 0.3) is 0 Å². The first kappa shape index (κ1) is 14.2. The van der Waals surface area contributed by atoms with Crippen LogP contribution < -0.4 is 4.72 Å². The van der Waals surface area contributed by atoms with E-state index in [1.54, 1.807) is 13.8 Å². The van der Waals surface area contributed by atoms with E-state index in [-0.39, 0.29) is 13.2 Å². The molecule has 1 aromatic heterocycles. The van der Waals surface area contributed by atoms with Gasteiger partial charge in [0.2, 0.25) is 10.0 Å². The van der Waals surface area contributed by atoms with Crippen molar-refractivity contribution in [3.8, 4) is 11.8 Å². The van der Waals surface area contributed by atoms with Gasteiger partial charge in [-0.3, -0.25) is 0 Å². The van der Waals surface area contributed by atoms with Gasteiger partial charge in [0.05, 0.1) is 5.25 Å². The Balaban J connectivity index is 2.62. The van der Waals surface area contributed by atoms with Crippen molar-refractivity contribution in [1.29, 1.82) is 0 Å². The van der Waals surface area contributed by atoms with Gasteiger partial charge in [0.25, 0.3) is 0 Å². The molecular weight excluding hydrogens is 258 g/mol. The van der Waals surface area contributed by atoms with Crippen molar-refractivity contribution in [3.63, 3.8) is 0 Å². The Kier molecular flexibility index (Phi) is 5.15. The number of sulfonamides is 1. The fraction of sp³-hybridized carbons (Fsp3) is 0.455. The Labute approximate surface area is 106 Å². The lowest BCUT2D eigenvalue weighted by Gasteiger charge is -2.07. The maximum Gasteiger partial charge on any atom is 0.214 e. The standard InChI is InChI=1S/C11H15NO3S2/c1-9(2)17(14,15)12-7-11-6-10(8-16-11)4-3-5-13/h6,8-9,12-13H,5,7H2,1-2H3. The molecule has 0 spiro atoms. The topological polar surface area (TPSA) is 66.4 Å². The Bertz CT molecular complexity index is 520. The molecule has 0 fully saturated rings. The summed E-state index contributed by atoms with van der Waals surface area (Å²) < 4.78 is 25.6. The fourth-order valence-electron chi connectivity index (χ4n) is 1.02. The van der Waals surface area contributed by atoms with Crippen molar-refractivity contribution < 1.29 is 13.5 Å². The maximum atomic E-state index is 11.5. The first-order valence-electron chi connectivity index (χ1n) is 5.11. The molecule has 6 heteroatoms. The molecule has 1 rings (SSSR count). The van der Waals surface area contributed by atoms with E-state index in [1.165, 1.54) is 11.3 Å². The highest BCUT2D eigenvalue weighted by Crippen LogP contribution is 2.14. The molecule has 0 aliphatic rings. The number of aliphatic hydroxyl groups excluding tert-OH is 1. The molecular formula is C11H15NO3S2. The van der Waals surface area contributed by atoms with Crippen LogP contribution in [0.2, 0.25) is 0 Å². The third-order valence-corrected chi connectivity index (χ3v) is 4.76. The number of aliphatic hydroxyl groups is 1. The minimum Gasteiger partial charge on any atom is -0.384 e. The lowest BCUT2D eigenvalue weighted by molar-refractivity contribution is 0.350. The molecule has 0 bridgehead atoms. The van der Waals surface area contributed by atoms with Gasteiger partial charge in [0.1, 0.15) is 6.61 Å². The van der Waals surface area contributed by atoms with Crippen molar-refractivity contribution in [2.45, 2.75) is 25.6 Å².